The average molecular weight is 114 g/mol. The van der Waals surface area contributed by atoms with Crippen LogP contribution in [0.15, 0.2) is 0 Å². The predicted molar refractivity (Wildman–Crippen MR) is 34.4 cm³/mol. The van der Waals surface area contributed by atoms with Crippen LogP contribution in [-0.4, -0.2) is 12.6 Å². The van der Waals surface area contributed by atoms with Crippen LogP contribution in [0.1, 0.15) is 19.3 Å². The Morgan fingerprint density at radius 2 is 2.12 bits per heavy atom. The maximum absolute atomic E-state index is 5.65. The van der Waals surface area contributed by atoms with Crippen molar-refractivity contribution in [3.05, 3.63) is 0 Å². The smallest absolute Gasteiger partial charge is 0.00420 e. The van der Waals surface area contributed by atoms with E-state index in [9.17, 15) is 0 Å². The van der Waals surface area contributed by atoms with Gasteiger partial charge in [-0.2, -0.15) is 0 Å². The Kier molecular flexibility index (Phi) is 1.86. The highest BCUT2D eigenvalue weighted by molar-refractivity contribution is 4.77. The summed E-state index contributed by atoms with van der Waals surface area (Å²) in [5, 5.41) is 0. The van der Waals surface area contributed by atoms with E-state index >= 15 is 0 Å². The highest BCUT2D eigenvalue weighted by Gasteiger charge is 2.19. The topological polar surface area (TPSA) is 52.0 Å². The average Bonchev–Trinajstić information content (AvgIpc) is 2.14. The fourth-order valence-electron chi connectivity index (χ4n) is 1.33. The molecular formula is C6H14N2. The standard InChI is InChI=1S/C6H14N2/c7-4-5-1-2-6(8)3-5/h5-6H,1-4,7-8H2/t5-,6+/m0/s1. The van der Waals surface area contributed by atoms with Gasteiger partial charge in [0, 0.05) is 6.04 Å². The molecule has 0 aromatic carbocycles. The first-order valence-electron chi connectivity index (χ1n) is 3.28. The van der Waals surface area contributed by atoms with Gasteiger partial charge in [0.05, 0.1) is 0 Å². The van der Waals surface area contributed by atoms with Crippen LogP contribution in [0.3, 0.4) is 0 Å². The molecule has 1 aliphatic rings. The van der Waals surface area contributed by atoms with E-state index in [4.69, 9.17) is 11.5 Å². The van der Waals surface area contributed by atoms with E-state index in [1.807, 2.05) is 0 Å². The quantitative estimate of drug-likeness (QED) is 0.507. The molecule has 0 heterocycles. The lowest BCUT2D eigenvalue weighted by Gasteiger charge is -2.02. The van der Waals surface area contributed by atoms with Crippen LogP contribution in [-0.2, 0) is 0 Å². The van der Waals surface area contributed by atoms with Crippen LogP contribution in [0.2, 0.25) is 0 Å². The molecule has 0 bridgehead atoms. The highest BCUT2D eigenvalue weighted by Crippen LogP contribution is 2.22. The van der Waals surface area contributed by atoms with E-state index in [1.54, 1.807) is 0 Å². The molecule has 0 unspecified atom stereocenters. The van der Waals surface area contributed by atoms with E-state index in [0.29, 0.717) is 6.04 Å². The first-order valence-corrected chi connectivity index (χ1v) is 3.28. The maximum Gasteiger partial charge on any atom is 0.00420 e. The third kappa shape index (κ3) is 1.20. The molecule has 1 rings (SSSR count). The van der Waals surface area contributed by atoms with Gasteiger partial charge < -0.3 is 11.5 Å². The summed E-state index contributed by atoms with van der Waals surface area (Å²) in [5.74, 6) is 0.727. The van der Waals surface area contributed by atoms with Crippen molar-refractivity contribution in [1.82, 2.24) is 0 Å². The number of nitrogens with two attached hydrogens (primary N) is 2. The Hall–Kier alpha value is -0.0800. The summed E-state index contributed by atoms with van der Waals surface area (Å²) in [6, 6.07) is 0.448. The molecule has 4 N–H and O–H groups in total. The van der Waals surface area contributed by atoms with Crippen LogP contribution in [0.4, 0.5) is 0 Å². The van der Waals surface area contributed by atoms with Crippen molar-refractivity contribution in [3.63, 3.8) is 0 Å². The summed E-state index contributed by atoms with van der Waals surface area (Å²) in [6.07, 6.45) is 3.58. The molecule has 1 fully saturated rings. The lowest BCUT2D eigenvalue weighted by Crippen LogP contribution is -2.17. The van der Waals surface area contributed by atoms with Gasteiger partial charge in [-0.1, -0.05) is 0 Å². The van der Waals surface area contributed by atoms with Gasteiger partial charge in [-0.05, 0) is 31.7 Å². The fraction of sp³-hybridized carbons (Fsp3) is 1.00. The third-order valence-corrected chi connectivity index (χ3v) is 1.92. The fourth-order valence-corrected chi connectivity index (χ4v) is 1.33. The minimum Gasteiger partial charge on any atom is -0.330 e. The van der Waals surface area contributed by atoms with E-state index < -0.39 is 0 Å². The molecule has 0 spiro atoms. The molecule has 1 saturated carbocycles. The molecule has 2 heteroatoms. The minimum absolute atomic E-state index is 0.448. The zero-order chi connectivity index (χ0) is 5.98. The Balaban J connectivity index is 2.22. The Bertz CT molecular complexity index is 72.9. The Morgan fingerprint density at radius 3 is 2.38 bits per heavy atom. The van der Waals surface area contributed by atoms with Crippen molar-refractivity contribution in [1.29, 1.82) is 0 Å². The van der Waals surface area contributed by atoms with Gasteiger partial charge in [-0.3, -0.25) is 0 Å². The van der Waals surface area contributed by atoms with Gasteiger partial charge in [0.25, 0.3) is 0 Å². The lowest BCUT2D eigenvalue weighted by molar-refractivity contribution is 0.550. The molecule has 1 aliphatic carbocycles. The van der Waals surface area contributed by atoms with Crippen molar-refractivity contribution in [2.45, 2.75) is 25.3 Å². The number of hydrogen-bond acceptors (Lipinski definition) is 2. The monoisotopic (exact) mass is 114 g/mol. The predicted octanol–water partition coefficient (Wildman–Crippen LogP) is 0.0725. The molecule has 0 aliphatic heterocycles. The molecule has 0 saturated heterocycles. The van der Waals surface area contributed by atoms with E-state index in [0.717, 1.165) is 18.9 Å². The SMILES string of the molecule is NC[C@H]1CC[C@@H](N)C1. The zero-order valence-electron chi connectivity index (χ0n) is 5.14. The first kappa shape index (κ1) is 6.05. The van der Waals surface area contributed by atoms with Crippen LogP contribution in [0, 0.1) is 5.92 Å². The summed E-state index contributed by atoms with van der Waals surface area (Å²) in [6.45, 7) is 0.827. The molecular weight excluding hydrogens is 100 g/mol. The molecule has 2 atom stereocenters. The van der Waals surface area contributed by atoms with E-state index in [1.165, 1.54) is 12.8 Å². The number of rotatable bonds is 1. The van der Waals surface area contributed by atoms with Gasteiger partial charge in [0.15, 0.2) is 0 Å². The van der Waals surface area contributed by atoms with E-state index in [-0.39, 0.29) is 0 Å². The molecule has 0 aromatic rings. The largest absolute Gasteiger partial charge is 0.330 e. The van der Waals surface area contributed by atoms with Crippen LogP contribution < -0.4 is 11.5 Å². The Morgan fingerprint density at radius 1 is 1.38 bits per heavy atom. The second-order valence-electron chi connectivity index (χ2n) is 2.67. The summed E-state index contributed by atoms with van der Waals surface area (Å²) >= 11 is 0. The van der Waals surface area contributed by atoms with Crippen molar-refractivity contribution < 1.29 is 0 Å². The molecule has 8 heavy (non-hydrogen) atoms. The summed E-state index contributed by atoms with van der Waals surface area (Å²) in [7, 11) is 0. The van der Waals surface area contributed by atoms with Gasteiger partial charge >= 0.3 is 0 Å². The van der Waals surface area contributed by atoms with Gasteiger partial charge in [0.2, 0.25) is 0 Å². The molecule has 0 aromatic heterocycles. The summed E-state index contributed by atoms with van der Waals surface area (Å²) in [4.78, 5) is 0. The summed E-state index contributed by atoms with van der Waals surface area (Å²) in [5.41, 5.74) is 11.1. The van der Waals surface area contributed by atoms with Crippen molar-refractivity contribution in [2.24, 2.45) is 17.4 Å². The molecule has 2 nitrogen and oxygen atoms in total. The maximum atomic E-state index is 5.65. The highest BCUT2D eigenvalue weighted by atomic mass is 14.7. The van der Waals surface area contributed by atoms with Gasteiger partial charge in [-0.25, -0.2) is 0 Å². The van der Waals surface area contributed by atoms with Crippen LogP contribution in [0.5, 0.6) is 0 Å². The minimum atomic E-state index is 0.448. The molecule has 48 valence electrons. The second kappa shape index (κ2) is 2.46. The lowest BCUT2D eigenvalue weighted by atomic mass is 10.1. The second-order valence-corrected chi connectivity index (χ2v) is 2.67. The molecule has 0 amide bonds. The first-order chi connectivity index (χ1) is 3.83. The van der Waals surface area contributed by atoms with Crippen molar-refractivity contribution in [3.8, 4) is 0 Å². The van der Waals surface area contributed by atoms with Gasteiger partial charge in [0.1, 0.15) is 0 Å². The van der Waals surface area contributed by atoms with Gasteiger partial charge in [-0.15, -0.1) is 0 Å². The Labute approximate surface area is 50.2 Å². The van der Waals surface area contributed by atoms with E-state index in [2.05, 4.69) is 0 Å². The van der Waals surface area contributed by atoms with Crippen LogP contribution in [0.25, 0.3) is 0 Å². The van der Waals surface area contributed by atoms with Crippen molar-refractivity contribution >= 4 is 0 Å². The molecule has 0 radical (unpaired) electrons. The van der Waals surface area contributed by atoms with Crippen LogP contribution >= 0.6 is 0 Å². The number of hydrogen-bond donors (Lipinski definition) is 2. The normalized spacial score (nSPS) is 38.2. The summed E-state index contributed by atoms with van der Waals surface area (Å²) < 4.78 is 0. The zero-order valence-corrected chi connectivity index (χ0v) is 5.14. The van der Waals surface area contributed by atoms with Crippen molar-refractivity contribution in [2.75, 3.05) is 6.54 Å². The third-order valence-electron chi connectivity index (χ3n) is 1.92.